The highest BCUT2D eigenvalue weighted by atomic mass is 32.2. The van der Waals surface area contributed by atoms with E-state index < -0.39 is 15.8 Å². The first-order valence-electron chi connectivity index (χ1n) is 10.9. The van der Waals surface area contributed by atoms with E-state index in [1.165, 1.54) is 28.9 Å². The predicted octanol–water partition coefficient (Wildman–Crippen LogP) is 2.43. The summed E-state index contributed by atoms with van der Waals surface area (Å²) in [6.45, 7) is 3.18. The van der Waals surface area contributed by atoms with E-state index in [0.29, 0.717) is 6.54 Å². The minimum Gasteiger partial charge on any atom is -0.356 e. The number of halogens is 1. The number of hydrogen-bond acceptors (Lipinski definition) is 5. The molecule has 2 aromatic rings. The van der Waals surface area contributed by atoms with Crippen LogP contribution in [-0.2, 0) is 16.6 Å². The monoisotopic (exact) mass is 461 g/mol. The number of anilines is 1. The number of amides is 2. The maximum Gasteiger partial charge on any atom is 0.317 e. The maximum absolute atomic E-state index is 13.5. The highest BCUT2D eigenvalue weighted by Gasteiger charge is 2.30. The zero-order valence-electron chi connectivity index (χ0n) is 17.9. The minimum absolute atomic E-state index is 0.0720. The molecule has 2 fully saturated rings. The molecular formula is C22H28FN5O3S. The fourth-order valence-corrected chi connectivity index (χ4v) is 5.60. The van der Waals surface area contributed by atoms with Crippen molar-refractivity contribution in [2.24, 2.45) is 0 Å². The smallest absolute Gasteiger partial charge is 0.317 e. The molecule has 0 aliphatic carbocycles. The first kappa shape index (κ1) is 22.5. The lowest BCUT2D eigenvalue weighted by atomic mass is 10.1. The van der Waals surface area contributed by atoms with Gasteiger partial charge in [-0.05, 0) is 43.5 Å². The van der Waals surface area contributed by atoms with Crippen molar-refractivity contribution < 1.29 is 17.6 Å². The van der Waals surface area contributed by atoms with E-state index in [1.807, 2.05) is 12.1 Å². The number of piperidine rings is 1. The second-order valence-corrected chi connectivity index (χ2v) is 9.98. The van der Waals surface area contributed by atoms with Gasteiger partial charge in [0.1, 0.15) is 11.6 Å². The molecule has 2 aliphatic heterocycles. The number of rotatable bonds is 5. The second kappa shape index (κ2) is 9.83. The molecule has 10 heteroatoms. The SMILES string of the molecule is O=C(NCc1cccnc1N1CCCCC1)N1CCN(S(=O)(=O)c2cccc(F)c2)CC1. The highest BCUT2D eigenvalue weighted by Crippen LogP contribution is 2.22. The molecule has 2 saturated heterocycles. The van der Waals surface area contributed by atoms with Crippen LogP contribution in [-0.4, -0.2) is 67.9 Å². The molecular weight excluding hydrogens is 433 g/mol. The Morgan fingerprint density at radius 2 is 1.75 bits per heavy atom. The van der Waals surface area contributed by atoms with Gasteiger partial charge in [0, 0.05) is 57.6 Å². The highest BCUT2D eigenvalue weighted by molar-refractivity contribution is 7.89. The Bertz CT molecular complexity index is 1050. The van der Waals surface area contributed by atoms with Gasteiger partial charge in [0.05, 0.1) is 4.90 Å². The average Bonchev–Trinajstić information content (AvgIpc) is 2.83. The Morgan fingerprint density at radius 3 is 2.47 bits per heavy atom. The van der Waals surface area contributed by atoms with E-state index in [4.69, 9.17) is 0 Å². The van der Waals surface area contributed by atoms with Gasteiger partial charge in [-0.1, -0.05) is 12.1 Å². The molecule has 0 atom stereocenters. The van der Waals surface area contributed by atoms with Crippen molar-refractivity contribution >= 4 is 21.9 Å². The number of nitrogens with zero attached hydrogens (tertiary/aromatic N) is 4. The minimum atomic E-state index is -3.79. The van der Waals surface area contributed by atoms with Crippen LogP contribution in [0.25, 0.3) is 0 Å². The Hall–Kier alpha value is -2.72. The van der Waals surface area contributed by atoms with Gasteiger partial charge in [0.25, 0.3) is 0 Å². The van der Waals surface area contributed by atoms with Crippen molar-refractivity contribution in [1.29, 1.82) is 0 Å². The van der Waals surface area contributed by atoms with Gasteiger partial charge in [0.15, 0.2) is 0 Å². The third-order valence-electron chi connectivity index (χ3n) is 5.91. The summed E-state index contributed by atoms with van der Waals surface area (Å²) < 4.78 is 40.2. The van der Waals surface area contributed by atoms with Crippen molar-refractivity contribution in [3.8, 4) is 0 Å². The number of aromatic nitrogens is 1. The number of urea groups is 1. The topological polar surface area (TPSA) is 85.8 Å². The molecule has 1 aromatic heterocycles. The Morgan fingerprint density at radius 1 is 1.00 bits per heavy atom. The average molecular weight is 462 g/mol. The van der Waals surface area contributed by atoms with Gasteiger partial charge in [0.2, 0.25) is 10.0 Å². The van der Waals surface area contributed by atoms with Crippen LogP contribution in [0.15, 0.2) is 47.5 Å². The normalized spacial score (nSPS) is 17.9. The van der Waals surface area contributed by atoms with E-state index in [2.05, 4.69) is 15.2 Å². The molecule has 4 rings (SSSR count). The molecule has 1 aromatic carbocycles. The Balaban J connectivity index is 1.33. The van der Waals surface area contributed by atoms with Crippen molar-refractivity contribution in [2.75, 3.05) is 44.2 Å². The van der Waals surface area contributed by atoms with Crippen molar-refractivity contribution in [3.63, 3.8) is 0 Å². The van der Waals surface area contributed by atoms with Crippen LogP contribution in [0.5, 0.6) is 0 Å². The summed E-state index contributed by atoms with van der Waals surface area (Å²) in [5.41, 5.74) is 0.968. The standard InChI is InChI=1S/C22H28FN5O3S/c23-19-7-4-8-20(16-19)32(30,31)28-14-12-27(13-15-28)22(29)25-17-18-6-5-9-24-21(18)26-10-2-1-3-11-26/h4-9,16H,1-3,10-15,17H2,(H,25,29). The summed E-state index contributed by atoms with van der Waals surface area (Å²) in [5, 5.41) is 2.94. The molecule has 32 heavy (non-hydrogen) atoms. The predicted molar refractivity (Wildman–Crippen MR) is 119 cm³/mol. The van der Waals surface area contributed by atoms with Gasteiger partial charge in [-0.2, -0.15) is 4.31 Å². The van der Waals surface area contributed by atoms with E-state index in [0.717, 1.165) is 43.4 Å². The van der Waals surface area contributed by atoms with Crippen molar-refractivity contribution in [2.45, 2.75) is 30.7 Å². The zero-order valence-corrected chi connectivity index (χ0v) is 18.7. The van der Waals surface area contributed by atoms with Crippen LogP contribution in [0.4, 0.5) is 15.0 Å². The molecule has 0 bridgehead atoms. The number of hydrogen-bond donors (Lipinski definition) is 1. The molecule has 8 nitrogen and oxygen atoms in total. The van der Waals surface area contributed by atoms with Crippen LogP contribution in [0.2, 0.25) is 0 Å². The molecule has 1 N–H and O–H groups in total. The number of carbonyl (C=O) groups excluding carboxylic acids is 1. The Kier molecular flexibility index (Phi) is 6.90. The molecule has 0 unspecified atom stereocenters. The van der Waals surface area contributed by atoms with Crippen LogP contribution < -0.4 is 10.2 Å². The van der Waals surface area contributed by atoms with Crippen LogP contribution in [0, 0.1) is 5.82 Å². The second-order valence-electron chi connectivity index (χ2n) is 8.04. The molecule has 2 aliphatic rings. The van der Waals surface area contributed by atoms with Crippen LogP contribution >= 0.6 is 0 Å². The molecule has 0 spiro atoms. The largest absolute Gasteiger partial charge is 0.356 e. The number of carbonyl (C=O) groups is 1. The number of benzene rings is 1. The van der Waals surface area contributed by atoms with Gasteiger partial charge < -0.3 is 15.1 Å². The summed E-state index contributed by atoms with van der Waals surface area (Å²) >= 11 is 0. The maximum atomic E-state index is 13.5. The number of sulfonamides is 1. The summed E-state index contributed by atoms with van der Waals surface area (Å²) in [6, 6.07) is 8.59. The third kappa shape index (κ3) is 5.02. The van der Waals surface area contributed by atoms with Crippen molar-refractivity contribution in [1.82, 2.24) is 19.5 Å². The fraction of sp³-hybridized carbons (Fsp3) is 0.455. The number of piperazine rings is 1. The number of nitrogens with one attached hydrogen (secondary N) is 1. The van der Waals surface area contributed by atoms with E-state index in [-0.39, 0.29) is 37.1 Å². The molecule has 3 heterocycles. The van der Waals surface area contributed by atoms with Gasteiger partial charge in [-0.3, -0.25) is 0 Å². The van der Waals surface area contributed by atoms with Crippen molar-refractivity contribution in [3.05, 3.63) is 54.0 Å². The first-order valence-corrected chi connectivity index (χ1v) is 12.4. The summed E-state index contributed by atoms with van der Waals surface area (Å²) in [5.74, 6) is 0.321. The third-order valence-corrected chi connectivity index (χ3v) is 7.81. The van der Waals surface area contributed by atoms with Crippen LogP contribution in [0.1, 0.15) is 24.8 Å². The van der Waals surface area contributed by atoms with Gasteiger partial charge >= 0.3 is 6.03 Å². The van der Waals surface area contributed by atoms with E-state index in [9.17, 15) is 17.6 Å². The fourth-order valence-electron chi connectivity index (χ4n) is 4.15. The molecule has 0 saturated carbocycles. The zero-order chi connectivity index (χ0) is 22.6. The number of pyridine rings is 1. The summed E-state index contributed by atoms with van der Waals surface area (Å²) in [7, 11) is -3.79. The van der Waals surface area contributed by atoms with Gasteiger partial charge in [-0.25, -0.2) is 22.6 Å². The molecule has 172 valence electrons. The quantitative estimate of drug-likeness (QED) is 0.739. The lowest BCUT2D eigenvalue weighted by Gasteiger charge is -2.34. The Labute approximate surface area is 188 Å². The molecule has 2 amide bonds. The van der Waals surface area contributed by atoms with Crippen LogP contribution in [0.3, 0.4) is 0 Å². The van der Waals surface area contributed by atoms with E-state index in [1.54, 1.807) is 11.1 Å². The van der Waals surface area contributed by atoms with Gasteiger partial charge in [-0.15, -0.1) is 0 Å². The first-order chi connectivity index (χ1) is 15.4. The van der Waals surface area contributed by atoms with E-state index >= 15 is 0 Å². The lowest BCUT2D eigenvalue weighted by Crippen LogP contribution is -2.53. The lowest BCUT2D eigenvalue weighted by molar-refractivity contribution is 0.172. The molecule has 0 radical (unpaired) electrons. The summed E-state index contributed by atoms with van der Waals surface area (Å²) in [6.07, 6.45) is 5.29. The summed E-state index contributed by atoms with van der Waals surface area (Å²) in [4.78, 5) is 21.0.